The molecule has 1 saturated carbocycles. The van der Waals surface area contributed by atoms with Crippen molar-refractivity contribution in [2.75, 3.05) is 19.6 Å². The van der Waals surface area contributed by atoms with Gasteiger partial charge in [0.05, 0.1) is 6.10 Å². The van der Waals surface area contributed by atoms with Crippen molar-refractivity contribution < 1.29 is 5.11 Å². The summed E-state index contributed by atoms with van der Waals surface area (Å²) in [5.74, 6) is 0. The number of aliphatic hydroxyl groups is 1. The molecule has 3 heteroatoms. The van der Waals surface area contributed by atoms with Gasteiger partial charge in [-0.25, -0.2) is 0 Å². The second-order valence-electron chi connectivity index (χ2n) is 4.56. The zero-order valence-corrected chi connectivity index (χ0v) is 9.08. The van der Waals surface area contributed by atoms with E-state index in [1.807, 2.05) is 0 Å². The lowest BCUT2D eigenvalue weighted by Gasteiger charge is -2.45. The normalized spacial score (nSPS) is 34.5. The van der Waals surface area contributed by atoms with Crippen molar-refractivity contribution in [3.8, 4) is 0 Å². The number of nitrogens with zero attached hydrogens (tertiary/aromatic N) is 1. The molecule has 0 spiro atoms. The van der Waals surface area contributed by atoms with Crippen LogP contribution < -0.4 is 5.32 Å². The van der Waals surface area contributed by atoms with E-state index in [1.54, 1.807) is 0 Å². The van der Waals surface area contributed by atoms with Crippen LogP contribution in [-0.2, 0) is 0 Å². The highest BCUT2D eigenvalue weighted by atomic mass is 16.3. The molecular weight excluding hydrogens is 176 g/mol. The molecule has 1 aliphatic carbocycles. The summed E-state index contributed by atoms with van der Waals surface area (Å²) in [4.78, 5) is 2.50. The van der Waals surface area contributed by atoms with Crippen LogP contribution in [0.5, 0.6) is 0 Å². The van der Waals surface area contributed by atoms with Crippen molar-refractivity contribution in [1.82, 2.24) is 10.2 Å². The maximum Gasteiger partial charge on any atom is 0.0695 e. The van der Waals surface area contributed by atoms with E-state index in [0.717, 1.165) is 26.1 Å². The molecule has 1 aliphatic heterocycles. The Bertz CT molecular complexity index is 180. The molecule has 2 atom stereocenters. The molecule has 2 rings (SSSR count). The predicted molar refractivity (Wildman–Crippen MR) is 57.3 cm³/mol. The third-order valence-electron chi connectivity index (χ3n) is 3.71. The van der Waals surface area contributed by atoms with Gasteiger partial charge in [0, 0.05) is 25.2 Å². The first kappa shape index (κ1) is 10.4. The van der Waals surface area contributed by atoms with Crippen LogP contribution in [0.3, 0.4) is 0 Å². The van der Waals surface area contributed by atoms with Crippen LogP contribution in [0.4, 0.5) is 0 Å². The lowest BCUT2D eigenvalue weighted by atomic mass is 9.90. The van der Waals surface area contributed by atoms with E-state index in [9.17, 15) is 5.11 Å². The van der Waals surface area contributed by atoms with Gasteiger partial charge in [0.2, 0.25) is 0 Å². The van der Waals surface area contributed by atoms with E-state index in [1.165, 1.54) is 19.3 Å². The molecule has 0 amide bonds. The van der Waals surface area contributed by atoms with E-state index < -0.39 is 0 Å². The monoisotopic (exact) mass is 198 g/mol. The molecule has 0 bridgehead atoms. The van der Waals surface area contributed by atoms with Gasteiger partial charge in [-0.15, -0.1) is 0 Å². The van der Waals surface area contributed by atoms with Gasteiger partial charge in [0.1, 0.15) is 0 Å². The molecule has 1 saturated heterocycles. The van der Waals surface area contributed by atoms with Gasteiger partial charge in [0.25, 0.3) is 0 Å². The largest absolute Gasteiger partial charge is 0.391 e. The van der Waals surface area contributed by atoms with Crippen molar-refractivity contribution in [3.05, 3.63) is 0 Å². The summed E-state index contributed by atoms with van der Waals surface area (Å²) in [6, 6.07) is 1.11. The van der Waals surface area contributed by atoms with Crippen LogP contribution in [0.25, 0.3) is 0 Å². The van der Waals surface area contributed by atoms with Gasteiger partial charge in [0.15, 0.2) is 0 Å². The molecule has 2 fully saturated rings. The van der Waals surface area contributed by atoms with Gasteiger partial charge >= 0.3 is 0 Å². The smallest absolute Gasteiger partial charge is 0.0695 e. The predicted octanol–water partition coefficient (Wildman–Crippen LogP) is 0.584. The van der Waals surface area contributed by atoms with Crippen LogP contribution >= 0.6 is 0 Å². The van der Waals surface area contributed by atoms with Crippen LogP contribution in [-0.4, -0.2) is 47.8 Å². The second kappa shape index (κ2) is 4.60. The molecule has 0 aromatic heterocycles. The average Bonchev–Trinajstić information content (AvgIpc) is 2.12. The Kier molecular flexibility index (Phi) is 3.42. The Hall–Kier alpha value is -0.120. The fourth-order valence-corrected chi connectivity index (χ4v) is 2.75. The first-order valence-corrected chi connectivity index (χ1v) is 5.97. The highest BCUT2D eigenvalue weighted by Gasteiger charge is 2.34. The van der Waals surface area contributed by atoms with Crippen LogP contribution in [0, 0.1) is 0 Å². The van der Waals surface area contributed by atoms with E-state index in [0.29, 0.717) is 12.1 Å². The molecule has 82 valence electrons. The average molecular weight is 198 g/mol. The quantitative estimate of drug-likeness (QED) is 0.696. The number of hydrogen-bond donors (Lipinski definition) is 2. The highest BCUT2D eigenvalue weighted by molar-refractivity contribution is 4.91. The molecule has 0 aromatic carbocycles. The fourth-order valence-electron chi connectivity index (χ4n) is 2.75. The molecule has 0 aromatic rings. The zero-order chi connectivity index (χ0) is 9.97. The summed E-state index contributed by atoms with van der Waals surface area (Å²) in [5, 5.41) is 13.3. The Labute approximate surface area is 86.5 Å². The topological polar surface area (TPSA) is 35.5 Å². The number of aliphatic hydroxyl groups excluding tert-OH is 1. The van der Waals surface area contributed by atoms with Crippen molar-refractivity contribution in [3.63, 3.8) is 0 Å². The van der Waals surface area contributed by atoms with E-state index in [4.69, 9.17) is 0 Å². The van der Waals surface area contributed by atoms with Gasteiger partial charge in [-0.1, -0.05) is 19.8 Å². The fraction of sp³-hybridized carbons (Fsp3) is 1.00. The number of hydrogen-bond acceptors (Lipinski definition) is 3. The maximum absolute atomic E-state index is 9.98. The third-order valence-corrected chi connectivity index (χ3v) is 3.71. The SMILES string of the molecule is CCN(C1CNC1)[C@H]1CCCC[C@@H]1O. The first-order valence-electron chi connectivity index (χ1n) is 5.97. The summed E-state index contributed by atoms with van der Waals surface area (Å²) in [5.41, 5.74) is 0. The van der Waals surface area contributed by atoms with E-state index in [2.05, 4.69) is 17.1 Å². The molecule has 0 radical (unpaired) electrons. The van der Waals surface area contributed by atoms with Gasteiger partial charge in [-0.2, -0.15) is 0 Å². The number of likely N-dealkylation sites (N-methyl/N-ethyl adjacent to an activating group) is 1. The maximum atomic E-state index is 9.98. The van der Waals surface area contributed by atoms with Gasteiger partial charge in [-0.3, -0.25) is 4.90 Å². The highest BCUT2D eigenvalue weighted by Crippen LogP contribution is 2.25. The van der Waals surface area contributed by atoms with E-state index in [-0.39, 0.29) is 6.10 Å². The minimum Gasteiger partial charge on any atom is -0.391 e. The molecule has 1 heterocycles. The summed E-state index contributed by atoms with van der Waals surface area (Å²) < 4.78 is 0. The van der Waals surface area contributed by atoms with Crippen molar-refractivity contribution in [2.24, 2.45) is 0 Å². The van der Waals surface area contributed by atoms with Crippen LogP contribution in [0.15, 0.2) is 0 Å². The van der Waals surface area contributed by atoms with Crippen molar-refractivity contribution in [2.45, 2.75) is 50.8 Å². The van der Waals surface area contributed by atoms with Gasteiger partial charge in [-0.05, 0) is 19.4 Å². The molecular formula is C11H22N2O. The Morgan fingerprint density at radius 1 is 1.29 bits per heavy atom. The summed E-state index contributed by atoms with van der Waals surface area (Å²) in [6.45, 7) is 5.50. The Morgan fingerprint density at radius 2 is 2.00 bits per heavy atom. The number of rotatable bonds is 3. The molecule has 14 heavy (non-hydrogen) atoms. The molecule has 2 N–H and O–H groups in total. The van der Waals surface area contributed by atoms with Crippen molar-refractivity contribution >= 4 is 0 Å². The summed E-state index contributed by atoms with van der Waals surface area (Å²) >= 11 is 0. The molecule has 0 unspecified atom stereocenters. The second-order valence-corrected chi connectivity index (χ2v) is 4.56. The third kappa shape index (κ3) is 1.95. The number of nitrogens with one attached hydrogen (secondary N) is 1. The Balaban J connectivity index is 1.94. The van der Waals surface area contributed by atoms with Crippen LogP contribution in [0.1, 0.15) is 32.6 Å². The lowest BCUT2D eigenvalue weighted by molar-refractivity contribution is -0.0106. The standard InChI is InChI=1S/C11H22N2O/c1-2-13(9-7-12-8-9)10-5-3-4-6-11(10)14/h9-12,14H,2-8H2,1H3/t10-,11-/m0/s1. The zero-order valence-electron chi connectivity index (χ0n) is 9.08. The minimum atomic E-state index is -0.0794. The summed E-state index contributed by atoms with van der Waals surface area (Å²) in [6.07, 6.45) is 4.60. The molecule has 2 aliphatic rings. The van der Waals surface area contributed by atoms with Crippen LogP contribution in [0.2, 0.25) is 0 Å². The molecule has 3 nitrogen and oxygen atoms in total. The Morgan fingerprint density at radius 3 is 2.50 bits per heavy atom. The van der Waals surface area contributed by atoms with Crippen molar-refractivity contribution in [1.29, 1.82) is 0 Å². The summed E-state index contributed by atoms with van der Waals surface area (Å²) in [7, 11) is 0. The van der Waals surface area contributed by atoms with Gasteiger partial charge < -0.3 is 10.4 Å². The minimum absolute atomic E-state index is 0.0794. The lowest BCUT2D eigenvalue weighted by Crippen LogP contribution is -2.62. The first-order chi connectivity index (χ1) is 6.83. The van der Waals surface area contributed by atoms with E-state index >= 15 is 0 Å².